The van der Waals surface area contributed by atoms with Crippen molar-refractivity contribution in [3.63, 3.8) is 0 Å². The van der Waals surface area contributed by atoms with E-state index in [2.05, 4.69) is 9.44 Å². The van der Waals surface area contributed by atoms with Crippen molar-refractivity contribution in [3.05, 3.63) is 29.8 Å². The first-order valence-electron chi connectivity index (χ1n) is 7.13. The van der Waals surface area contributed by atoms with Gasteiger partial charge < -0.3 is 30.3 Å². The summed E-state index contributed by atoms with van der Waals surface area (Å²) >= 11 is 0.612. The molecule has 0 saturated carbocycles. The zero-order chi connectivity index (χ0) is 19.5. The second-order valence-electron chi connectivity index (χ2n) is 5.26. The lowest BCUT2D eigenvalue weighted by atomic mass is 10.0. The Morgan fingerprint density at radius 3 is 2.31 bits per heavy atom. The topological polar surface area (TPSA) is 186 Å². The zero-order valence-electron chi connectivity index (χ0n) is 13.0. The van der Waals surface area contributed by atoms with Crippen LogP contribution >= 0.6 is 11.8 Å². The molecule has 1 aromatic carbocycles. The molecule has 5 atom stereocenters. The van der Waals surface area contributed by atoms with Gasteiger partial charge in [0.15, 0.2) is 0 Å². The van der Waals surface area contributed by atoms with Crippen LogP contribution in [0.1, 0.15) is 5.56 Å². The number of benzene rings is 1. The minimum Gasteiger partial charge on any atom is -0.508 e. The van der Waals surface area contributed by atoms with E-state index in [1.54, 1.807) is 0 Å². The molecule has 2 rings (SSSR count). The van der Waals surface area contributed by atoms with Crippen LogP contribution in [0.25, 0.3) is 0 Å². The van der Waals surface area contributed by atoms with Gasteiger partial charge in [-0.25, -0.2) is 4.28 Å². The summed E-state index contributed by atoms with van der Waals surface area (Å²) in [7, 11) is -4.91. The lowest BCUT2D eigenvalue weighted by Crippen LogP contribution is -2.57. The number of hydrogen-bond acceptors (Lipinski definition) is 11. The highest BCUT2D eigenvalue weighted by Gasteiger charge is 2.44. The van der Waals surface area contributed by atoms with Crippen molar-refractivity contribution in [1.29, 1.82) is 0 Å². The Balaban J connectivity index is 2.29. The molecule has 26 heavy (non-hydrogen) atoms. The van der Waals surface area contributed by atoms with Crippen LogP contribution in [0.4, 0.5) is 0 Å². The van der Waals surface area contributed by atoms with Crippen molar-refractivity contribution in [2.75, 3.05) is 6.61 Å². The van der Waals surface area contributed by atoms with E-state index in [1.165, 1.54) is 24.3 Å². The summed E-state index contributed by atoms with van der Waals surface area (Å²) in [5.74, 6) is -0.0818. The smallest absolute Gasteiger partial charge is 0.466 e. The van der Waals surface area contributed by atoms with Crippen LogP contribution in [-0.4, -0.2) is 80.0 Å². The van der Waals surface area contributed by atoms with E-state index >= 15 is 0 Å². The average Bonchev–Trinajstić information content (AvgIpc) is 2.58. The Morgan fingerprint density at radius 2 is 1.77 bits per heavy atom. The monoisotopic (exact) mass is 411 g/mol. The number of aliphatic hydroxyl groups is 4. The van der Waals surface area contributed by atoms with Crippen LogP contribution in [0.2, 0.25) is 0 Å². The number of phenolic OH excluding ortho intramolecular Hbond substituents is 1. The van der Waals surface area contributed by atoms with E-state index in [0.29, 0.717) is 11.8 Å². The summed E-state index contributed by atoms with van der Waals surface area (Å²) in [4.78, 5) is 0. The van der Waals surface area contributed by atoms with Crippen LogP contribution in [-0.2, 0) is 19.4 Å². The van der Waals surface area contributed by atoms with Crippen LogP contribution in [0.5, 0.6) is 5.75 Å². The summed E-state index contributed by atoms with van der Waals surface area (Å²) in [5.41, 5.74) is -1.03. The van der Waals surface area contributed by atoms with E-state index < -0.39 is 46.9 Å². The van der Waals surface area contributed by atoms with Gasteiger partial charge in [-0.3, -0.25) is 4.55 Å². The Hall–Kier alpha value is -1.45. The van der Waals surface area contributed by atoms with E-state index in [1.807, 2.05) is 0 Å². The van der Waals surface area contributed by atoms with Crippen LogP contribution in [0.3, 0.4) is 0 Å². The molecule has 1 aliphatic rings. The van der Waals surface area contributed by atoms with Gasteiger partial charge in [0.2, 0.25) is 0 Å². The van der Waals surface area contributed by atoms with Gasteiger partial charge in [0, 0.05) is 5.56 Å². The predicted octanol–water partition coefficient (Wildman–Crippen LogP) is -1.59. The van der Waals surface area contributed by atoms with Gasteiger partial charge in [-0.2, -0.15) is 8.42 Å². The first-order valence-corrected chi connectivity index (χ1v) is 9.37. The first-order chi connectivity index (χ1) is 12.1. The fraction of sp³-hybridized carbons (Fsp3) is 0.462. The summed E-state index contributed by atoms with van der Waals surface area (Å²) in [6, 6.07) is 5.23. The Bertz CT molecular complexity index is 736. The highest BCUT2D eigenvalue weighted by atomic mass is 32.3. The van der Waals surface area contributed by atoms with Crippen molar-refractivity contribution < 1.29 is 47.5 Å². The van der Waals surface area contributed by atoms with Crippen molar-refractivity contribution in [2.24, 2.45) is 5.16 Å². The molecule has 146 valence electrons. The first kappa shape index (κ1) is 20.9. The summed E-state index contributed by atoms with van der Waals surface area (Å²) < 4.78 is 39.5. The molecule has 1 heterocycles. The second-order valence-corrected chi connectivity index (χ2v) is 7.35. The van der Waals surface area contributed by atoms with E-state index in [-0.39, 0.29) is 16.4 Å². The number of hydrogen-bond donors (Lipinski definition) is 6. The molecule has 1 fully saturated rings. The average molecular weight is 411 g/mol. The molecule has 0 spiro atoms. The molecule has 1 aliphatic heterocycles. The zero-order valence-corrected chi connectivity index (χ0v) is 14.6. The molecule has 1 aromatic rings. The Kier molecular flexibility index (Phi) is 6.81. The quantitative estimate of drug-likeness (QED) is 0.142. The molecule has 0 amide bonds. The lowest BCUT2D eigenvalue weighted by molar-refractivity contribution is -0.205. The minimum absolute atomic E-state index is 0.0818. The fourth-order valence-electron chi connectivity index (χ4n) is 2.10. The molecule has 0 bridgehead atoms. The number of ether oxygens (including phenoxy) is 1. The minimum atomic E-state index is -4.91. The molecule has 0 aromatic heterocycles. The van der Waals surface area contributed by atoms with Crippen molar-refractivity contribution in [2.45, 2.75) is 29.9 Å². The highest BCUT2D eigenvalue weighted by Crippen LogP contribution is 2.31. The lowest BCUT2D eigenvalue weighted by Gasteiger charge is -2.39. The molecule has 11 nitrogen and oxygen atoms in total. The number of thioether (sulfide) groups is 1. The van der Waals surface area contributed by atoms with E-state index in [4.69, 9.17) is 9.29 Å². The maximum Gasteiger partial charge on any atom is 0.466 e. The summed E-state index contributed by atoms with van der Waals surface area (Å²) in [6.07, 6.45) is -5.97. The summed E-state index contributed by atoms with van der Waals surface area (Å²) in [6.45, 7) is -0.644. The van der Waals surface area contributed by atoms with Gasteiger partial charge in [0.05, 0.1) is 6.61 Å². The van der Waals surface area contributed by atoms with Crippen molar-refractivity contribution in [1.82, 2.24) is 0 Å². The van der Waals surface area contributed by atoms with Gasteiger partial charge in [-0.1, -0.05) is 16.9 Å². The molecular weight excluding hydrogens is 394 g/mol. The van der Waals surface area contributed by atoms with Gasteiger partial charge in [0.25, 0.3) is 0 Å². The van der Waals surface area contributed by atoms with Gasteiger partial charge in [0.1, 0.15) is 40.6 Å². The maximum atomic E-state index is 10.8. The second kappa shape index (κ2) is 8.49. The molecule has 0 unspecified atom stereocenters. The fourth-order valence-corrected chi connectivity index (χ4v) is 3.39. The Morgan fingerprint density at radius 1 is 1.15 bits per heavy atom. The number of aliphatic hydroxyl groups excluding tert-OH is 4. The maximum absolute atomic E-state index is 10.8. The molecular formula is C13H17NO10S2. The SMILES string of the molecule is O=S(=O)(O)O/N=C(\S[C@@H]1O[C@H](CO)[C@@H](O)[C@H](O)[C@H]1O)c1ccc(O)cc1. The van der Waals surface area contributed by atoms with Crippen LogP contribution < -0.4 is 0 Å². The van der Waals surface area contributed by atoms with Crippen molar-refractivity contribution in [3.8, 4) is 5.75 Å². The third-order valence-electron chi connectivity index (χ3n) is 3.40. The molecule has 13 heteroatoms. The third kappa shape index (κ3) is 5.28. The molecule has 6 N–H and O–H groups in total. The number of rotatable bonds is 5. The third-order valence-corrected chi connectivity index (χ3v) is 4.82. The van der Waals surface area contributed by atoms with Crippen molar-refractivity contribution >= 4 is 27.2 Å². The van der Waals surface area contributed by atoms with Crippen LogP contribution in [0, 0.1) is 0 Å². The number of aromatic hydroxyl groups is 1. The number of nitrogens with zero attached hydrogens (tertiary/aromatic N) is 1. The standard InChI is InChI=1S/C13H17NO10S2/c15-5-8-9(17)10(18)11(19)13(23-8)25-12(14-24-26(20,21)22)6-1-3-7(16)4-2-6/h1-4,8-11,13,15-19H,5H2,(H,20,21,22)/b14-12-/t8-,9-,10+,11-,13+/m1/s1. The molecule has 0 radical (unpaired) electrons. The summed E-state index contributed by atoms with van der Waals surface area (Å²) in [5, 5.41) is 51.2. The molecule has 0 aliphatic carbocycles. The van der Waals surface area contributed by atoms with E-state index in [9.17, 15) is 34.0 Å². The number of phenols is 1. The van der Waals surface area contributed by atoms with Crippen LogP contribution in [0.15, 0.2) is 29.4 Å². The largest absolute Gasteiger partial charge is 0.508 e. The highest BCUT2D eigenvalue weighted by molar-refractivity contribution is 8.14. The van der Waals surface area contributed by atoms with Gasteiger partial charge >= 0.3 is 10.4 Å². The van der Waals surface area contributed by atoms with Gasteiger partial charge in [-0.05, 0) is 24.3 Å². The molecule has 1 saturated heterocycles. The number of oxime groups is 1. The Labute approximate surface area is 152 Å². The predicted molar refractivity (Wildman–Crippen MR) is 88.6 cm³/mol. The van der Waals surface area contributed by atoms with Gasteiger partial charge in [-0.15, -0.1) is 0 Å². The normalized spacial score (nSPS) is 30.2. The van der Waals surface area contributed by atoms with E-state index in [0.717, 1.165) is 0 Å².